The summed E-state index contributed by atoms with van der Waals surface area (Å²) < 4.78 is 3.27. The average Bonchev–Trinajstić information content (AvgIpc) is 3.25. The van der Waals surface area contributed by atoms with E-state index < -0.39 is 0 Å². The van der Waals surface area contributed by atoms with Gasteiger partial charge in [-0.2, -0.15) is 0 Å². The number of amides is 3. The summed E-state index contributed by atoms with van der Waals surface area (Å²) in [5.74, 6) is 0.209. The predicted octanol–water partition coefficient (Wildman–Crippen LogP) is 3.10. The number of carbonyl (C=O) groups is 2. The summed E-state index contributed by atoms with van der Waals surface area (Å²) in [5.41, 5.74) is 1.61. The number of rotatable bonds is 8. The van der Waals surface area contributed by atoms with Crippen molar-refractivity contribution in [1.82, 2.24) is 24.5 Å². The van der Waals surface area contributed by atoms with E-state index in [0.29, 0.717) is 39.8 Å². The first-order chi connectivity index (χ1) is 16.5. The van der Waals surface area contributed by atoms with E-state index in [1.54, 1.807) is 46.9 Å². The molecule has 0 aliphatic heterocycles. The number of fused-ring (bicyclic) bond motifs is 3. The highest BCUT2D eigenvalue weighted by molar-refractivity contribution is 7.99. The van der Waals surface area contributed by atoms with Crippen molar-refractivity contribution in [2.24, 2.45) is 0 Å². The van der Waals surface area contributed by atoms with Crippen molar-refractivity contribution in [2.75, 3.05) is 22.9 Å². The van der Waals surface area contributed by atoms with Gasteiger partial charge in [-0.25, -0.2) is 4.79 Å². The Labute approximate surface area is 199 Å². The first kappa shape index (κ1) is 23.1. The van der Waals surface area contributed by atoms with Crippen molar-refractivity contribution in [3.05, 3.63) is 71.5 Å². The lowest BCUT2D eigenvalue weighted by Crippen LogP contribution is -2.28. The van der Waals surface area contributed by atoms with Crippen LogP contribution in [0, 0.1) is 0 Å². The van der Waals surface area contributed by atoms with E-state index in [2.05, 4.69) is 32.7 Å². The third-order valence-electron chi connectivity index (χ3n) is 4.86. The summed E-state index contributed by atoms with van der Waals surface area (Å²) in [6, 6.07) is 13.8. The van der Waals surface area contributed by atoms with Gasteiger partial charge in [-0.05, 0) is 37.3 Å². The van der Waals surface area contributed by atoms with Crippen molar-refractivity contribution >= 4 is 51.8 Å². The van der Waals surface area contributed by atoms with Gasteiger partial charge in [-0.15, -0.1) is 16.8 Å². The van der Waals surface area contributed by atoms with Crippen LogP contribution in [0.3, 0.4) is 0 Å². The van der Waals surface area contributed by atoms with E-state index in [1.165, 1.54) is 16.3 Å². The lowest BCUT2D eigenvalue weighted by Gasteiger charge is -2.10. The Morgan fingerprint density at radius 3 is 2.62 bits per heavy atom. The van der Waals surface area contributed by atoms with Crippen LogP contribution in [0.15, 0.2) is 71.1 Å². The van der Waals surface area contributed by atoms with Crippen LogP contribution in [-0.2, 0) is 11.3 Å². The quantitative estimate of drug-likeness (QED) is 0.265. The number of allylic oxidation sites excluding steroid dienone is 1. The third-order valence-corrected chi connectivity index (χ3v) is 5.79. The molecule has 34 heavy (non-hydrogen) atoms. The molecule has 2 aromatic heterocycles. The Balaban J connectivity index is 1.53. The summed E-state index contributed by atoms with van der Waals surface area (Å²) in [7, 11) is 0. The van der Waals surface area contributed by atoms with E-state index in [4.69, 9.17) is 0 Å². The molecule has 10 nitrogen and oxygen atoms in total. The van der Waals surface area contributed by atoms with Gasteiger partial charge in [0.2, 0.25) is 11.7 Å². The number of thioether (sulfide) groups is 1. The standard InChI is InChI=1S/C23H23N7O3S/c1-3-12-29-20(32)17-10-5-6-11-18(17)30-22(29)27-28-23(30)34-14-19(31)25-15-8-7-9-16(13-15)26-21(33)24-4-2/h3,5-11,13H,1,4,12,14H2,2H3,(H,25,31)(H2,24,26,33). The number of urea groups is 1. The number of carbonyl (C=O) groups excluding carboxylic acids is 2. The zero-order valence-corrected chi connectivity index (χ0v) is 19.3. The van der Waals surface area contributed by atoms with Crippen LogP contribution in [0.2, 0.25) is 0 Å². The van der Waals surface area contributed by atoms with Gasteiger partial charge in [0.15, 0.2) is 5.16 Å². The Bertz CT molecular complexity index is 1440. The van der Waals surface area contributed by atoms with Gasteiger partial charge < -0.3 is 16.0 Å². The Hall–Kier alpha value is -4.12. The fourth-order valence-corrected chi connectivity index (χ4v) is 4.20. The van der Waals surface area contributed by atoms with Crippen molar-refractivity contribution in [2.45, 2.75) is 18.6 Å². The smallest absolute Gasteiger partial charge is 0.319 e. The summed E-state index contributed by atoms with van der Waals surface area (Å²) in [6.45, 7) is 6.35. The molecular formula is C23H23N7O3S. The predicted molar refractivity (Wildman–Crippen MR) is 133 cm³/mol. The first-order valence-electron chi connectivity index (χ1n) is 10.6. The molecule has 0 aliphatic carbocycles. The fourth-order valence-electron chi connectivity index (χ4n) is 3.46. The number of hydrogen-bond acceptors (Lipinski definition) is 6. The maximum atomic E-state index is 12.9. The Morgan fingerprint density at radius 1 is 1.09 bits per heavy atom. The molecule has 2 heterocycles. The molecular weight excluding hydrogens is 454 g/mol. The number of anilines is 2. The van der Waals surface area contributed by atoms with Crippen molar-refractivity contribution in [3.63, 3.8) is 0 Å². The minimum atomic E-state index is -0.317. The monoisotopic (exact) mass is 477 g/mol. The van der Waals surface area contributed by atoms with Crippen LogP contribution < -0.4 is 21.5 Å². The molecule has 2 aromatic carbocycles. The molecule has 0 radical (unpaired) electrons. The van der Waals surface area contributed by atoms with Crippen LogP contribution in [0.5, 0.6) is 0 Å². The zero-order valence-electron chi connectivity index (χ0n) is 18.4. The van der Waals surface area contributed by atoms with Crippen molar-refractivity contribution in [3.8, 4) is 0 Å². The highest BCUT2D eigenvalue weighted by Crippen LogP contribution is 2.22. The van der Waals surface area contributed by atoms with E-state index >= 15 is 0 Å². The highest BCUT2D eigenvalue weighted by Gasteiger charge is 2.17. The van der Waals surface area contributed by atoms with Crippen LogP contribution in [0.25, 0.3) is 16.7 Å². The number of benzene rings is 2. The summed E-state index contributed by atoms with van der Waals surface area (Å²) in [6.07, 6.45) is 1.62. The van der Waals surface area contributed by atoms with Gasteiger partial charge in [0, 0.05) is 24.5 Å². The molecule has 0 atom stereocenters. The maximum absolute atomic E-state index is 12.9. The molecule has 3 N–H and O–H groups in total. The second-order valence-corrected chi connectivity index (χ2v) is 8.18. The largest absolute Gasteiger partial charge is 0.338 e. The number of nitrogens with zero attached hydrogens (tertiary/aromatic N) is 4. The van der Waals surface area contributed by atoms with Crippen LogP contribution >= 0.6 is 11.8 Å². The number of nitrogens with one attached hydrogen (secondary N) is 3. The molecule has 0 fully saturated rings. The minimum Gasteiger partial charge on any atom is -0.338 e. The SMILES string of the molecule is C=CCn1c(=O)c2ccccc2n2c(SCC(=O)Nc3cccc(NC(=O)NCC)c3)nnc12. The average molecular weight is 478 g/mol. The summed E-state index contributed by atoms with van der Waals surface area (Å²) >= 11 is 1.21. The van der Waals surface area contributed by atoms with Crippen molar-refractivity contribution in [1.29, 1.82) is 0 Å². The number of hydrogen-bond donors (Lipinski definition) is 3. The molecule has 4 rings (SSSR count). The van der Waals surface area contributed by atoms with E-state index in [0.717, 1.165) is 0 Å². The molecule has 11 heteroatoms. The molecule has 0 unspecified atom stereocenters. The van der Waals surface area contributed by atoms with E-state index in [-0.39, 0.29) is 29.8 Å². The van der Waals surface area contributed by atoms with Gasteiger partial charge in [0.05, 0.1) is 16.7 Å². The lowest BCUT2D eigenvalue weighted by atomic mass is 10.2. The first-order valence-corrected chi connectivity index (χ1v) is 11.6. The zero-order chi connectivity index (χ0) is 24.1. The molecule has 3 amide bonds. The maximum Gasteiger partial charge on any atom is 0.319 e. The lowest BCUT2D eigenvalue weighted by molar-refractivity contribution is -0.113. The molecule has 0 aliphatic rings. The van der Waals surface area contributed by atoms with E-state index in [9.17, 15) is 14.4 Å². The molecule has 0 bridgehead atoms. The second-order valence-electron chi connectivity index (χ2n) is 7.24. The second kappa shape index (κ2) is 10.2. The minimum absolute atomic E-state index is 0.0731. The fraction of sp³-hybridized carbons (Fsp3) is 0.174. The Kier molecular flexibility index (Phi) is 6.93. The van der Waals surface area contributed by atoms with Gasteiger partial charge >= 0.3 is 6.03 Å². The van der Waals surface area contributed by atoms with Crippen molar-refractivity contribution < 1.29 is 9.59 Å². The van der Waals surface area contributed by atoms with Crippen LogP contribution in [-0.4, -0.2) is 43.4 Å². The van der Waals surface area contributed by atoms with Gasteiger partial charge in [0.1, 0.15) is 0 Å². The molecule has 0 saturated carbocycles. The molecule has 0 saturated heterocycles. The van der Waals surface area contributed by atoms with Crippen LogP contribution in [0.4, 0.5) is 16.2 Å². The Morgan fingerprint density at radius 2 is 1.85 bits per heavy atom. The molecule has 174 valence electrons. The molecule has 4 aromatic rings. The summed E-state index contributed by atoms with van der Waals surface area (Å²) in [5, 5.41) is 17.6. The van der Waals surface area contributed by atoms with Crippen LogP contribution in [0.1, 0.15) is 6.92 Å². The topological polar surface area (TPSA) is 122 Å². The van der Waals surface area contributed by atoms with Gasteiger partial charge in [-0.1, -0.05) is 36.0 Å². The van der Waals surface area contributed by atoms with Gasteiger partial charge in [0.25, 0.3) is 5.56 Å². The summed E-state index contributed by atoms with van der Waals surface area (Å²) in [4.78, 5) is 37.2. The highest BCUT2D eigenvalue weighted by atomic mass is 32.2. The third kappa shape index (κ3) is 4.79. The van der Waals surface area contributed by atoms with E-state index in [1.807, 2.05) is 19.1 Å². The van der Waals surface area contributed by atoms with Gasteiger partial charge in [-0.3, -0.25) is 18.6 Å². The molecule has 0 spiro atoms. The number of para-hydroxylation sites is 1. The number of aromatic nitrogens is 4. The normalized spacial score (nSPS) is 10.9.